The number of anilines is 2. The van der Waals surface area contributed by atoms with Gasteiger partial charge in [-0.1, -0.05) is 0 Å². The number of pyridine rings is 1. The number of rotatable bonds is 1. The molecule has 0 aliphatic carbocycles. The van der Waals surface area contributed by atoms with E-state index in [1.165, 1.54) is 12.4 Å². The Morgan fingerprint density at radius 2 is 1.82 bits per heavy atom. The standard InChI is InChI=1S/C6H6ClN3O/c7-6(11)5-3(8)1-10-2-4(5)9/h1-2H,8-9H2. The topological polar surface area (TPSA) is 82.0 Å². The summed E-state index contributed by atoms with van der Waals surface area (Å²) in [6.45, 7) is 0. The maximum atomic E-state index is 10.7. The van der Waals surface area contributed by atoms with Crippen molar-refractivity contribution in [1.82, 2.24) is 4.98 Å². The van der Waals surface area contributed by atoms with Crippen LogP contribution in [0.5, 0.6) is 0 Å². The van der Waals surface area contributed by atoms with Crippen LogP contribution in [-0.4, -0.2) is 10.2 Å². The molecule has 1 rings (SSSR count). The summed E-state index contributed by atoms with van der Waals surface area (Å²) in [5, 5.41) is -0.664. The number of nitrogens with two attached hydrogens (primary N) is 2. The van der Waals surface area contributed by atoms with Crippen LogP contribution in [0.1, 0.15) is 10.4 Å². The van der Waals surface area contributed by atoms with Gasteiger partial charge in [-0.2, -0.15) is 0 Å². The highest BCUT2D eigenvalue weighted by molar-refractivity contribution is 6.68. The van der Waals surface area contributed by atoms with Crippen LogP contribution in [0.15, 0.2) is 12.4 Å². The Bertz CT molecular complexity index is 280. The summed E-state index contributed by atoms with van der Waals surface area (Å²) in [5.41, 5.74) is 11.3. The zero-order valence-corrected chi connectivity index (χ0v) is 6.30. The van der Waals surface area contributed by atoms with E-state index < -0.39 is 5.24 Å². The van der Waals surface area contributed by atoms with Crippen LogP contribution < -0.4 is 11.5 Å². The molecule has 58 valence electrons. The van der Waals surface area contributed by atoms with E-state index in [2.05, 4.69) is 4.98 Å². The second-order valence-electron chi connectivity index (χ2n) is 1.97. The molecule has 0 radical (unpaired) electrons. The Morgan fingerprint density at radius 1 is 1.36 bits per heavy atom. The summed E-state index contributed by atoms with van der Waals surface area (Å²) in [6, 6.07) is 0. The van der Waals surface area contributed by atoms with E-state index >= 15 is 0 Å². The fraction of sp³-hybridized carbons (Fsp3) is 0. The lowest BCUT2D eigenvalue weighted by atomic mass is 10.2. The number of nitrogen functional groups attached to an aromatic ring is 2. The smallest absolute Gasteiger partial charge is 0.256 e. The molecule has 0 saturated heterocycles. The van der Waals surface area contributed by atoms with Crippen molar-refractivity contribution in [3.63, 3.8) is 0 Å². The predicted molar refractivity (Wildman–Crippen MR) is 43.2 cm³/mol. The van der Waals surface area contributed by atoms with E-state index in [1.54, 1.807) is 0 Å². The van der Waals surface area contributed by atoms with Gasteiger partial charge in [0.2, 0.25) is 0 Å². The Morgan fingerprint density at radius 3 is 2.09 bits per heavy atom. The normalized spacial score (nSPS) is 9.55. The van der Waals surface area contributed by atoms with Crippen molar-refractivity contribution in [2.45, 2.75) is 0 Å². The third kappa shape index (κ3) is 1.40. The zero-order chi connectivity index (χ0) is 8.43. The molecule has 4 N–H and O–H groups in total. The van der Waals surface area contributed by atoms with Crippen molar-refractivity contribution in [3.8, 4) is 0 Å². The maximum absolute atomic E-state index is 10.7. The van der Waals surface area contributed by atoms with Gasteiger partial charge in [0.25, 0.3) is 5.24 Å². The summed E-state index contributed by atoms with van der Waals surface area (Å²) in [4.78, 5) is 14.3. The first kappa shape index (κ1) is 7.81. The number of carbonyl (C=O) groups excluding carboxylic acids is 1. The number of aromatic nitrogens is 1. The first-order valence-electron chi connectivity index (χ1n) is 2.81. The van der Waals surface area contributed by atoms with Crippen LogP contribution in [0, 0.1) is 0 Å². The summed E-state index contributed by atoms with van der Waals surface area (Å²) in [7, 11) is 0. The molecule has 0 aromatic carbocycles. The molecule has 4 nitrogen and oxygen atoms in total. The number of hydrogen-bond acceptors (Lipinski definition) is 4. The van der Waals surface area contributed by atoms with E-state index in [0.29, 0.717) is 0 Å². The molecule has 0 aliphatic heterocycles. The van der Waals surface area contributed by atoms with Crippen LogP contribution in [0.2, 0.25) is 0 Å². The minimum Gasteiger partial charge on any atom is -0.397 e. The van der Waals surface area contributed by atoms with E-state index in [0.717, 1.165) is 0 Å². The number of carbonyl (C=O) groups is 1. The fourth-order valence-corrected chi connectivity index (χ4v) is 0.939. The lowest BCUT2D eigenvalue weighted by Crippen LogP contribution is -2.03. The van der Waals surface area contributed by atoms with Crippen molar-refractivity contribution in [2.24, 2.45) is 0 Å². The second-order valence-corrected chi connectivity index (χ2v) is 2.31. The third-order valence-electron chi connectivity index (χ3n) is 1.20. The van der Waals surface area contributed by atoms with Crippen molar-refractivity contribution in [1.29, 1.82) is 0 Å². The number of nitrogens with zero attached hydrogens (tertiary/aromatic N) is 1. The molecular formula is C6H6ClN3O. The molecule has 1 aromatic heterocycles. The third-order valence-corrected chi connectivity index (χ3v) is 1.39. The van der Waals surface area contributed by atoms with Crippen molar-refractivity contribution >= 4 is 28.2 Å². The van der Waals surface area contributed by atoms with Crippen molar-refractivity contribution < 1.29 is 4.79 Å². The van der Waals surface area contributed by atoms with Gasteiger partial charge >= 0.3 is 0 Å². The fourth-order valence-electron chi connectivity index (χ4n) is 0.721. The van der Waals surface area contributed by atoms with Gasteiger partial charge < -0.3 is 11.5 Å². The van der Waals surface area contributed by atoms with Crippen molar-refractivity contribution in [2.75, 3.05) is 11.5 Å². The first-order chi connectivity index (χ1) is 5.13. The Kier molecular flexibility index (Phi) is 1.96. The molecule has 0 unspecified atom stereocenters. The monoisotopic (exact) mass is 171 g/mol. The molecule has 5 heteroatoms. The largest absolute Gasteiger partial charge is 0.397 e. The van der Waals surface area contributed by atoms with Crippen LogP contribution >= 0.6 is 11.6 Å². The average molecular weight is 172 g/mol. The molecular weight excluding hydrogens is 166 g/mol. The van der Waals surface area contributed by atoms with Gasteiger partial charge in [0.15, 0.2) is 0 Å². The minimum atomic E-state index is -0.664. The quantitative estimate of drug-likeness (QED) is 0.607. The molecule has 0 fully saturated rings. The second kappa shape index (κ2) is 2.75. The van der Waals surface area contributed by atoms with Crippen LogP contribution in [0.4, 0.5) is 11.4 Å². The van der Waals surface area contributed by atoms with Gasteiger partial charge in [-0.05, 0) is 11.6 Å². The van der Waals surface area contributed by atoms with Gasteiger partial charge in [0.1, 0.15) is 0 Å². The van der Waals surface area contributed by atoms with Gasteiger partial charge in [-0.25, -0.2) is 0 Å². The Hall–Kier alpha value is -1.29. The predicted octanol–water partition coefficient (Wildman–Crippen LogP) is 0.625. The summed E-state index contributed by atoms with van der Waals surface area (Å²) in [5.74, 6) is 0. The highest BCUT2D eigenvalue weighted by atomic mass is 35.5. The molecule has 0 aliphatic rings. The van der Waals surface area contributed by atoms with Gasteiger partial charge in [0, 0.05) is 0 Å². The van der Waals surface area contributed by atoms with Crippen LogP contribution in [0.3, 0.4) is 0 Å². The summed E-state index contributed by atoms with van der Waals surface area (Å²) >= 11 is 5.19. The molecule has 11 heavy (non-hydrogen) atoms. The molecule has 1 heterocycles. The van der Waals surface area contributed by atoms with E-state index in [4.69, 9.17) is 23.1 Å². The van der Waals surface area contributed by atoms with Crippen LogP contribution in [0.25, 0.3) is 0 Å². The van der Waals surface area contributed by atoms with Crippen LogP contribution in [-0.2, 0) is 0 Å². The molecule has 0 amide bonds. The van der Waals surface area contributed by atoms with Gasteiger partial charge in [-0.15, -0.1) is 0 Å². The van der Waals surface area contributed by atoms with Crippen molar-refractivity contribution in [3.05, 3.63) is 18.0 Å². The zero-order valence-electron chi connectivity index (χ0n) is 5.54. The van der Waals surface area contributed by atoms with Gasteiger partial charge in [-0.3, -0.25) is 9.78 Å². The number of hydrogen-bond donors (Lipinski definition) is 2. The first-order valence-corrected chi connectivity index (χ1v) is 3.19. The Labute approximate surface area is 68.2 Å². The lowest BCUT2D eigenvalue weighted by Gasteiger charge is -2.01. The highest BCUT2D eigenvalue weighted by Crippen LogP contribution is 2.18. The SMILES string of the molecule is Nc1cncc(N)c1C(=O)Cl. The lowest BCUT2D eigenvalue weighted by molar-refractivity contribution is 0.108. The molecule has 1 aromatic rings. The van der Waals surface area contributed by atoms with Gasteiger partial charge in [0.05, 0.1) is 29.3 Å². The van der Waals surface area contributed by atoms with E-state index in [9.17, 15) is 4.79 Å². The molecule has 0 bridgehead atoms. The maximum Gasteiger partial charge on any atom is 0.256 e. The minimum absolute atomic E-state index is 0.127. The molecule has 0 atom stereocenters. The summed E-state index contributed by atoms with van der Waals surface area (Å²) in [6.07, 6.45) is 2.65. The molecule has 0 spiro atoms. The van der Waals surface area contributed by atoms with E-state index in [-0.39, 0.29) is 16.9 Å². The Balaban J connectivity index is 3.32. The number of halogens is 1. The molecule has 0 saturated carbocycles. The average Bonchev–Trinajstić information content (AvgIpc) is 1.85. The highest BCUT2D eigenvalue weighted by Gasteiger charge is 2.10. The van der Waals surface area contributed by atoms with E-state index in [1.807, 2.05) is 0 Å². The summed E-state index contributed by atoms with van der Waals surface area (Å²) < 4.78 is 0.